The van der Waals surface area contributed by atoms with Crippen LogP contribution in [0.2, 0.25) is 0 Å². The molecular weight excluding hydrogens is 200 g/mol. The van der Waals surface area contributed by atoms with Crippen molar-refractivity contribution in [3.63, 3.8) is 0 Å². The van der Waals surface area contributed by atoms with Gasteiger partial charge in [0.1, 0.15) is 4.71 Å². The lowest BCUT2D eigenvalue weighted by molar-refractivity contribution is 1.06. The van der Waals surface area contributed by atoms with Crippen molar-refractivity contribution in [1.29, 1.82) is 0 Å². The Hall–Kier alpha value is -0.480. The number of benzene rings is 1. The first kappa shape index (κ1) is 9.09. The summed E-state index contributed by atoms with van der Waals surface area (Å²) < 4.78 is 0.497. The number of fused-ring (bicyclic) bond motifs is 1. The van der Waals surface area contributed by atoms with Crippen molar-refractivity contribution in [2.45, 2.75) is 9.60 Å². The molecule has 1 heterocycles. The predicted molar refractivity (Wildman–Crippen MR) is 62.4 cm³/mol. The summed E-state index contributed by atoms with van der Waals surface area (Å²) in [6, 6.07) is 6.10. The molecule has 2 rings (SSSR count). The molecule has 1 unspecified atom stereocenters. The van der Waals surface area contributed by atoms with E-state index in [1.807, 2.05) is 35.7 Å². The molecule has 0 aromatic heterocycles. The largest absolute Gasteiger partial charge is 0.399 e. The molecule has 13 heavy (non-hydrogen) atoms. The molecule has 0 aliphatic carbocycles. The highest BCUT2D eigenvalue weighted by Gasteiger charge is 2.26. The van der Waals surface area contributed by atoms with Crippen LogP contribution >= 0.6 is 23.5 Å². The van der Waals surface area contributed by atoms with Gasteiger partial charge in [0.2, 0.25) is 0 Å². The van der Waals surface area contributed by atoms with Crippen molar-refractivity contribution in [3.05, 3.63) is 18.2 Å². The van der Waals surface area contributed by atoms with E-state index in [1.165, 1.54) is 10.6 Å². The lowest BCUT2D eigenvalue weighted by Crippen LogP contribution is -2.20. The second kappa shape index (κ2) is 3.35. The molecule has 0 radical (unpaired) electrons. The second-order valence-electron chi connectivity index (χ2n) is 3.00. The summed E-state index contributed by atoms with van der Waals surface area (Å²) in [5.41, 5.74) is 7.86. The minimum atomic E-state index is 0.497. The van der Waals surface area contributed by atoms with Gasteiger partial charge < -0.3 is 10.6 Å². The summed E-state index contributed by atoms with van der Waals surface area (Å²) >= 11 is 3.72. The van der Waals surface area contributed by atoms with Crippen LogP contribution < -0.4 is 10.6 Å². The Balaban J connectivity index is 2.38. The summed E-state index contributed by atoms with van der Waals surface area (Å²) in [5.74, 6) is 0. The van der Waals surface area contributed by atoms with E-state index in [9.17, 15) is 0 Å². The molecule has 1 atom stereocenters. The van der Waals surface area contributed by atoms with E-state index >= 15 is 0 Å². The van der Waals surface area contributed by atoms with Gasteiger partial charge in [-0.05, 0) is 24.5 Å². The Bertz CT molecular complexity index is 327. The number of hydrogen-bond donors (Lipinski definition) is 1. The SMILES string of the molecule is CSC1Sc2cc(N)ccc2N1C. The number of nitrogen functional groups attached to an aromatic ring is 1. The quantitative estimate of drug-likeness (QED) is 0.724. The van der Waals surface area contributed by atoms with Gasteiger partial charge in [-0.2, -0.15) is 0 Å². The van der Waals surface area contributed by atoms with Crippen LogP contribution in [0.25, 0.3) is 0 Å². The highest BCUT2D eigenvalue weighted by molar-refractivity contribution is 8.17. The highest BCUT2D eigenvalue weighted by atomic mass is 32.2. The number of hydrogen-bond acceptors (Lipinski definition) is 4. The number of nitrogens with zero attached hydrogens (tertiary/aromatic N) is 1. The van der Waals surface area contributed by atoms with Gasteiger partial charge in [-0.3, -0.25) is 0 Å². The Morgan fingerprint density at radius 1 is 1.54 bits per heavy atom. The normalized spacial score (nSPS) is 20.5. The molecule has 1 aromatic rings. The maximum atomic E-state index is 5.72. The molecule has 0 amide bonds. The standard InChI is InChI=1S/C9H12N2S2/c1-11-7-4-3-6(10)5-8(7)13-9(11)12-2/h3-5,9H,10H2,1-2H3. The van der Waals surface area contributed by atoms with E-state index in [-0.39, 0.29) is 0 Å². The Morgan fingerprint density at radius 2 is 2.31 bits per heavy atom. The van der Waals surface area contributed by atoms with E-state index in [0.717, 1.165) is 5.69 Å². The molecule has 1 aromatic carbocycles. The average molecular weight is 212 g/mol. The third kappa shape index (κ3) is 1.48. The maximum Gasteiger partial charge on any atom is 0.126 e. The second-order valence-corrected chi connectivity index (χ2v) is 5.34. The molecule has 1 aliphatic heterocycles. The van der Waals surface area contributed by atoms with Gasteiger partial charge in [0.25, 0.3) is 0 Å². The zero-order chi connectivity index (χ0) is 9.42. The molecule has 1 aliphatic rings. The molecule has 2 nitrogen and oxygen atoms in total. The molecular formula is C9H12N2S2. The fourth-order valence-corrected chi connectivity index (χ4v) is 3.58. The lowest BCUT2D eigenvalue weighted by atomic mass is 10.3. The van der Waals surface area contributed by atoms with Crippen LogP contribution in [0.15, 0.2) is 23.1 Å². The Labute approximate surface area is 86.9 Å². The zero-order valence-corrected chi connectivity index (χ0v) is 9.28. The molecule has 0 saturated heterocycles. The smallest absolute Gasteiger partial charge is 0.126 e. The van der Waals surface area contributed by atoms with Crippen LogP contribution in [0.1, 0.15) is 0 Å². The summed E-state index contributed by atoms with van der Waals surface area (Å²) in [4.78, 5) is 3.58. The van der Waals surface area contributed by atoms with Gasteiger partial charge in [0, 0.05) is 17.6 Å². The number of rotatable bonds is 1. The van der Waals surface area contributed by atoms with Gasteiger partial charge in [-0.15, -0.1) is 11.8 Å². The third-order valence-corrected chi connectivity index (χ3v) is 4.79. The molecule has 0 bridgehead atoms. The maximum absolute atomic E-state index is 5.72. The molecule has 2 N–H and O–H groups in total. The van der Waals surface area contributed by atoms with Crippen LogP contribution in [0.5, 0.6) is 0 Å². The molecule has 0 fully saturated rings. The minimum Gasteiger partial charge on any atom is -0.399 e. The van der Waals surface area contributed by atoms with Crippen molar-refractivity contribution >= 4 is 34.9 Å². The van der Waals surface area contributed by atoms with Crippen LogP contribution in [0.4, 0.5) is 11.4 Å². The monoisotopic (exact) mass is 212 g/mol. The van der Waals surface area contributed by atoms with Crippen molar-refractivity contribution in [2.75, 3.05) is 23.9 Å². The predicted octanol–water partition coefficient (Wildman–Crippen LogP) is 2.46. The van der Waals surface area contributed by atoms with E-state index in [0.29, 0.717) is 4.71 Å². The highest BCUT2D eigenvalue weighted by Crippen LogP contribution is 2.46. The fraction of sp³-hybridized carbons (Fsp3) is 0.333. The summed E-state index contributed by atoms with van der Waals surface area (Å²) in [6.07, 6.45) is 2.13. The Morgan fingerprint density at radius 3 is 3.00 bits per heavy atom. The van der Waals surface area contributed by atoms with Crippen molar-refractivity contribution in [3.8, 4) is 0 Å². The first-order chi connectivity index (χ1) is 6.22. The zero-order valence-electron chi connectivity index (χ0n) is 7.65. The molecule has 0 saturated carbocycles. The van der Waals surface area contributed by atoms with Crippen LogP contribution in [0.3, 0.4) is 0 Å². The topological polar surface area (TPSA) is 29.3 Å². The first-order valence-corrected chi connectivity index (χ1v) is 6.21. The van der Waals surface area contributed by atoms with Crippen molar-refractivity contribution in [1.82, 2.24) is 0 Å². The van der Waals surface area contributed by atoms with Gasteiger partial charge in [-0.25, -0.2) is 0 Å². The fourth-order valence-electron chi connectivity index (χ4n) is 1.42. The first-order valence-electron chi connectivity index (χ1n) is 4.04. The lowest BCUT2D eigenvalue weighted by Gasteiger charge is -2.18. The molecule has 4 heteroatoms. The number of thioether (sulfide) groups is 2. The van der Waals surface area contributed by atoms with E-state index in [2.05, 4.69) is 24.3 Å². The van der Waals surface area contributed by atoms with Gasteiger partial charge in [0.05, 0.1) is 5.69 Å². The number of anilines is 2. The van der Waals surface area contributed by atoms with Crippen molar-refractivity contribution < 1.29 is 0 Å². The summed E-state index contributed by atoms with van der Waals surface area (Å²) in [6.45, 7) is 0. The Kier molecular flexibility index (Phi) is 2.34. The van der Waals surface area contributed by atoms with Crippen LogP contribution in [-0.4, -0.2) is 18.0 Å². The van der Waals surface area contributed by atoms with Gasteiger partial charge in [-0.1, -0.05) is 11.8 Å². The number of nitrogens with two attached hydrogens (primary N) is 1. The minimum absolute atomic E-state index is 0.497. The summed E-state index contributed by atoms with van der Waals surface area (Å²) in [5, 5.41) is 0. The third-order valence-electron chi connectivity index (χ3n) is 2.11. The van der Waals surface area contributed by atoms with Gasteiger partial charge in [0.15, 0.2) is 0 Å². The van der Waals surface area contributed by atoms with E-state index in [1.54, 1.807) is 0 Å². The van der Waals surface area contributed by atoms with Crippen LogP contribution in [0, 0.1) is 0 Å². The molecule has 70 valence electrons. The van der Waals surface area contributed by atoms with Crippen LogP contribution in [-0.2, 0) is 0 Å². The van der Waals surface area contributed by atoms with E-state index < -0.39 is 0 Å². The average Bonchev–Trinajstić information content (AvgIpc) is 2.42. The van der Waals surface area contributed by atoms with Crippen molar-refractivity contribution in [2.24, 2.45) is 0 Å². The van der Waals surface area contributed by atoms with E-state index in [4.69, 9.17) is 5.73 Å². The summed E-state index contributed by atoms with van der Waals surface area (Å²) in [7, 11) is 2.12. The van der Waals surface area contributed by atoms with Gasteiger partial charge >= 0.3 is 0 Å². The molecule has 0 spiro atoms.